The Labute approximate surface area is 66.4 Å². The van der Waals surface area contributed by atoms with Crippen LogP contribution in [0.4, 0.5) is 0 Å². The van der Waals surface area contributed by atoms with Gasteiger partial charge in [-0.1, -0.05) is 0 Å². The summed E-state index contributed by atoms with van der Waals surface area (Å²) in [5, 5.41) is 8.41. The number of thiol groups is 2. The second-order valence-electron chi connectivity index (χ2n) is 1.59. The molecule has 0 aliphatic rings. The van der Waals surface area contributed by atoms with Gasteiger partial charge in [-0.15, -0.1) is 12.6 Å². The van der Waals surface area contributed by atoms with Gasteiger partial charge in [0.15, 0.2) is 0 Å². The maximum atomic E-state index is 8.41. The molecule has 0 aliphatic heterocycles. The van der Waals surface area contributed by atoms with Crippen molar-refractivity contribution in [1.29, 1.82) is 0 Å². The molecule has 9 heavy (non-hydrogen) atoms. The summed E-state index contributed by atoms with van der Waals surface area (Å²) < 4.78 is 5.00. The van der Waals surface area contributed by atoms with Crippen LogP contribution in [-0.4, -0.2) is 29.5 Å². The van der Waals surface area contributed by atoms with Crippen molar-refractivity contribution in [2.45, 2.75) is 11.9 Å². The molecule has 0 aliphatic carbocycles. The van der Waals surface area contributed by atoms with Crippen molar-refractivity contribution in [1.82, 2.24) is 0 Å². The minimum absolute atomic E-state index is 0.0321. The molecular weight excluding hydrogens is 156 g/mol. The molecule has 1 N–H and O–H groups in total. The number of hydrogen-bond acceptors (Lipinski definition) is 4. The van der Waals surface area contributed by atoms with E-state index >= 15 is 0 Å². The minimum Gasteiger partial charge on any atom is -0.393 e. The second-order valence-corrected chi connectivity index (χ2v) is 2.61. The monoisotopic (exact) mass is 168 g/mol. The predicted molar refractivity (Wildman–Crippen MR) is 44.3 cm³/mol. The van der Waals surface area contributed by atoms with Crippen LogP contribution in [0, 0.1) is 0 Å². The lowest BCUT2D eigenvalue weighted by atomic mass is 10.5. The van der Waals surface area contributed by atoms with E-state index in [1.54, 1.807) is 0 Å². The molecule has 2 nitrogen and oxygen atoms in total. The highest BCUT2D eigenvalue weighted by Crippen LogP contribution is 1.96. The Hall–Kier alpha value is 0.620. The fourth-order valence-corrected chi connectivity index (χ4v) is 0.571. The largest absolute Gasteiger partial charge is 0.393 e. The Morgan fingerprint density at radius 2 is 2.22 bits per heavy atom. The van der Waals surface area contributed by atoms with Gasteiger partial charge in [0.1, 0.15) is 5.44 Å². The van der Waals surface area contributed by atoms with Gasteiger partial charge in [0.25, 0.3) is 0 Å². The van der Waals surface area contributed by atoms with Crippen LogP contribution >= 0.6 is 25.3 Å². The maximum absolute atomic E-state index is 8.41. The normalized spacial score (nSPS) is 13.7. The van der Waals surface area contributed by atoms with Crippen LogP contribution < -0.4 is 0 Å². The first-order chi connectivity index (χ1) is 4.31. The van der Waals surface area contributed by atoms with Crippen molar-refractivity contribution in [3.63, 3.8) is 0 Å². The van der Waals surface area contributed by atoms with Crippen LogP contribution in [0.5, 0.6) is 0 Å². The Morgan fingerprint density at radius 3 is 2.67 bits per heavy atom. The first-order valence-corrected chi connectivity index (χ1v) is 3.97. The fourth-order valence-electron chi connectivity index (χ4n) is 0.337. The molecule has 0 saturated heterocycles. The van der Waals surface area contributed by atoms with Gasteiger partial charge in [-0.3, -0.25) is 0 Å². The third kappa shape index (κ3) is 6.51. The first kappa shape index (κ1) is 9.62. The van der Waals surface area contributed by atoms with E-state index < -0.39 is 0 Å². The molecule has 0 bridgehead atoms. The van der Waals surface area contributed by atoms with E-state index in [1.807, 2.05) is 0 Å². The molecule has 0 heterocycles. The van der Waals surface area contributed by atoms with E-state index in [2.05, 4.69) is 25.3 Å². The van der Waals surface area contributed by atoms with Gasteiger partial charge in [-0.25, -0.2) is 0 Å². The molecule has 0 aromatic rings. The van der Waals surface area contributed by atoms with Gasteiger partial charge in [0.05, 0.1) is 6.61 Å². The summed E-state index contributed by atoms with van der Waals surface area (Å²) in [4.78, 5) is 0. The van der Waals surface area contributed by atoms with Gasteiger partial charge in [-0.2, -0.15) is 12.6 Å². The Kier molecular flexibility index (Phi) is 7.20. The average Bonchev–Trinajstić information content (AvgIpc) is 1.89. The van der Waals surface area contributed by atoms with Crippen LogP contribution in [0.25, 0.3) is 0 Å². The van der Waals surface area contributed by atoms with Crippen molar-refractivity contribution in [2.24, 2.45) is 0 Å². The molecule has 1 unspecified atom stereocenters. The van der Waals surface area contributed by atoms with Gasteiger partial charge >= 0.3 is 0 Å². The molecule has 1 atom stereocenters. The second kappa shape index (κ2) is 6.74. The summed E-state index contributed by atoms with van der Waals surface area (Å²) in [5.74, 6) is 0.811. The zero-order chi connectivity index (χ0) is 7.11. The van der Waals surface area contributed by atoms with Crippen LogP contribution in [0.15, 0.2) is 0 Å². The third-order valence-corrected chi connectivity index (χ3v) is 1.40. The van der Waals surface area contributed by atoms with Gasteiger partial charge < -0.3 is 9.84 Å². The Bertz CT molecular complexity index is 60.9. The lowest BCUT2D eigenvalue weighted by Crippen LogP contribution is -2.10. The molecule has 0 aromatic heterocycles. The third-order valence-electron chi connectivity index (χ3n) is 0.769. The van der Waals surface area contributed by atoms with E-state index in [0.717, 1.165) is 12.2 Å². The van der Waals surface area contributed by atoms with E-state index in [4.69, 9.17) is 9.84 Å². The molecule has 0 fully saturated rings. The number of ether oxygens (including phenoxy) is 1. The Balaban J connectivity index is 2.88. The molecule has 4 heteroatoms. The fraction of sp³-hybridized carbons (Fsp3) is 1.00. The maximum Gasteiger partial charge on any atom is 0.123 e. The standard InChI is InChI=1S/C5H12O2S2/c6-4-5(9)7-2-1-3-8/h5-6,8-9H,1-4H2. The zero-order valence-electron chi connectivity index (χ0n) is 5.16. The van der Waals surface area contributed by atoms with E-state index in [0.29, 0.717) is 6.61 Å². The summed E-state index contributed by atoms with van der Waals surface area (Å²) in [6, 6.07) is 0. The molecular formula is C5H12O2S2. The quantitative estimate of drug-likeness (QED) is 0.318. The van der Waals surface area contributed by atoms with E-state index in [-0.39, 0.29) is 12.0 Å². The van der Waals surface area contributed by atoms with Crippen LogP contribution in [0.2, 0.25) is 0 Å². The summed E-state index contributed by atoms with van der Waals surface area (Å²) in [6.07, 6.45) is 0.903. The highest BCUT2D eigenvalue weighted by Gasteiger charge is 1.97. The van der Waals surface area contributed by atoms with Crippen molar-refractivity contribution >= 4 is 25.3 Å². The van der Waals surface area contributed by atoms with E-state index in [1.165, 1.54) is 0 Å². The van der Waals surface area contributed by atoms with Crippen molar-refractivity contribution in [3.05, 3.63) is 0 Å². The van der Waals surface area contributed by atoms with Gasteiger partial charge in [-0.05, 0) is 12.2 Å². The topological polar surface area (TPSA) is 29.5 Å². The molecule has 0 saturated carbocycles. The number of hydrogen-bond donors (Lipinski definition) is 3. The SMILES string of the molecule is OCC(S)OCCCS. The molecule has 56 valence electrons. The average molecular weight is 168 g/mol. The lowest BCUT2D eigenvalue weighted by molar-refractivity contribution is 0.0709. The van der Waals surface area contributed by atoms with Gasteiger partial charge in [0.2, 0.25) is 0 Å². The Morgan fingerprint density at radius 1 is 1.56 bits per heavy atom. The number of aliphatic hydroxyl groups excluding tert-OH is 1. The number of aliphatic hydroxyl groups is 1. The molecule has 0 radical (unpaired) electrons. The molecule has 0 spiro atoms. The van der Waals surface area contributed by atoms with Crippen molar-refractivity contribution in [3.8, 4) is 0 Å². The summed E-state index contributed by atoms with van der Waals surface area (Å²) in [5.41, 5.74) is -0.329. The zero-order valence-corrected chi connectivity index (χ0v) is 6.94. The van der Waals surface area contributed by atoms with Crippen molar-refractivity contribution < 1.29 is 9.84 Å². The van der Waals surface area contributed by atoms with Crippen LogP contribution in [0.1, 0.15) is 6.42 Å². The minimum atomic E-state index is -0.329. The predicted octanol–water partition coefficient (Wildman–Crippen LogP) is 0.571. The first-order valence-electron chi connectivity index (χ1n) is 2.82. The summed E-state index contributed by atoms with van der Waals surface area (Å²) in [6.45, 7) is 0.591. The molecule has 0 rings (SSSR count). The summed E-state index contributed by atoms with van der Waals surface area (Å²) in [7, 11) is 0. The van der Waals surface area contributed by atoms with Crippen LogP contribution in [0.3, 0.4) is 0 Å². The van der Waals surface area contributed by atoms with Gasteiger partial charge in [0, 0.05) is 6.61 Å². The number of rotatable bonds is 5. The lowest BCUT2D eigenvalue weighted by Gasteiger charge is -2.06. The highest BCUT2D eigenvalue weighted by molar-refractivity contribution is 7.80. The van der Waals surface area contributed by atoms with Crippen molar-refractivity contribution in [2.75, 3.05) is 19.0 Å². The smallest absolute Gasteiger partial charge is 0.123 e. The van der Waals surface area contributed by atoms with Crippen LogP contribution in [-0.2, 0) is 4.74 Å². The molecule has 0 aromatic carbocycles. The van der Waals surface area contributed by atoms with E-state index in [9.17, 15) is 0 Å². The summed E-state index contributed by atoms with van der Waals surface area (Å²) >= 11 is 7.89. The highest BCUT2D eigenvalue weighted by atomic mass is 32.1. The molecule has 0 amide bonds.